The number of hydrogen-bond acceptors (Lipinski definition) is 4. The van der Waals surface area contributed by atoms with E-state index in [0.717, 1.165) is 51.9 Å². The van der Waals surface area contributed by atoms with Gasteiger partial charge in [0.2, 0.25) is 11.8 Å². The molecule has 3 aliphatic rings. The number of likely N-dealkylation sites (tertiary alicyclic amines) is 2. The zero-order valence-corrected chi connectivity index (χ0v) is 15.8. The number of carbonyl (C=O) groups is 2. The molecule has 3 aliphatic heterocycles. The Labute approximate surface area is 161 Å². The summed E-state index contributed by atoms with van der Waals surface area (Å²) >= 11 is 0. The van der Waals surface area contributed by atoms with Crippen molar-refractivity contribution in [2.45, 2.75) is 37.8 Å². The Balaban J connectivity index is 1.34. The Morgan fingerprint density at radius 2 is 1.96 bits per heavy atom. The van der Waals surface area contributed by atoms with E-state index in [9.17, 15) is 9.59 Å². The van der Waals surface area contributed by atoms with Crippen LogP contribution in [0.1, 0.15) is 24.8 Å². The summed E-state index contributed by atoms with van der Waals surface area (Å²) in [5, 5.41) is 3.29. The minimum atomic E-state index is -0.240. The lowest BCUT2D eigenvalue weighted by Crippen LogP contribution is -2.48. The normalized spacial score (nSPS) is 30.6. The molecule has 0 saturated carbocycles. The van der Waals surface area contributed by atoms with Crippen LogP contribution in [0.25, 0.3) is 0 Å². The third-order valence-electron chi connectivity index (χ3n) is 6.47. The van der Waals surface area contributed by atoms with Crippen LogP contribution >= 0.6 is 0 Å². The number of nitrogens with two attached hydrogens (primary N) is 1. The minimum absolute atomic E-state index is 0.0298. The third-order valence-corrected chi connectivity index (χ3v) is 6.47. The molecule has 6 heteroatoms. The number of carbonyl (C=O) groups excluding carboxylic acids is 2. The number of fused-ring (bicyclic) bond motifs is 1. The van der Waals surface area contributed by atoms with E-state index in [4.69, 9.17) is 5.73 Å². The van der Waals surface area contributed by atoms with Crippen LogP contribution in [0, 0.1) is 11.8 Å². The molecule has 0 bridgehead atoms. The van der Waals surface area contributed by atoms with Gasteiger partial charge in [-0.05, 0) is 50.3 Å². The van der Waals surface area contributed by atoms with Crippen LogP contribution in [0.4, 0.5) is 0 Å². The van der Waals surface area contributed by atoms with E-state index in [-0.39, 0.29) is 29.8 Å². The molecule has 6 nitrogen and oxygen atoms in total. The monoisotopic (exact) mass is 370 g/mol. The maximum atomic E-state index is 12.7. The number of amides is 2. The van der Waals surface area contributed by atoms with E-state index < -0.39 is 0 Å². The Morgan fingerprint density at radius 3 is 2.67 bits per heavy atom. The minimum Gasteiger partial charge on any atom is -0.368 e. The lowest BCUT2D eigenvalue weighted by Gasteiger charge is -2.28. The first kappa shape index (κ1) is 18.4. The molecule has 2 amide bonds. The Hall–Kier alpha value is -1.92. The molecule has 3 N–H and O–H groups in total. The lowest BCUT2D eigenvalue weighted by atomic mass is 9.94. The fourth-order valence-corrected chi connectivity index (χ4v) is 5.18. The smallest absolute Gasteiger partial charge is 0.239 e. The van der Waals surface area contributed by atoms with Crippen molar-refractivity contribution in [1.82, 2.24) is 15.1 Å². The highest BCUT2D eigenvalue weighted by atomic mass is 16.2. The van der Waals surface area contributed by atoms with Gasteiger partial charge in [-0.25, -0.2) is 0 Å². The molecule has 146 valence electrons. The summed E-state index contributed by atoms with van der Waals surface area (Å²) in [5.74, 6) is 0.519. The first-order valence-corrected chi connectivity index (χ1v) is 10.2. The number of nitrogens with one attached hydrogen (secondary N) is 1. The van der Waals surface area contributed by atoms with Crippen molar-refractivity contribution in [2.75, 3.05) is 32.7 Å². The fourth-order valence-electron chi connectivity index (χ4n) is 5.18. The summed E-state index contributed by atoms with van der Waals surface area (Å²) in [4.78, 5) is 29.1. The molecule has 0 aliphatic carbocycles. The predicted molar refractivity (Wildman–Crippen MR) is 104 cm³/mol. The van der Waals surface area contributed by atoms with Crippen molar-refractivity contribution < 1.29 is 9.59 Å². The van der Waals surface area contributed by atoms with Gasteiger partial charge in [-0.15, -0.1) is 0 Å². The Bertz CT molecular complexity index is 674. The van der Waals surface area contributed by atoms with Crippen LogP contribution < -0.4 is 11.1 Å². The molecule has 27 heavy (non-hydrogen) atoms. The molecular formula is C21H30N4O2. The molecule has 4 atom stereocenters. The molecule has 0 radical (unpaired) electrons. The molecule has 4 rings (SSSR count). The van der Waals surface area contributed by atoms with Gasteiger partial charge in [0.1, 0.15) is 0 Å². The maximum absolute atomic E-state index is 12.7. The number of primary amides is 1. The molecule has 1 aromatic carbocycles. The van der Waals surface area contributed by atoms with Gasteiger partial charge in [0.05, 0.1) is 12.1 Å². The molecule has 0 aromatic heterocycles. The van der Waals surface area contributed by atoms with E-state index in [0.29, 0.717) is 12.5 Å². The van der Waals surface area contributed by atoms with E-state index in [1.807, 2.05) is 11.0 Å². The van der Waals surface area contributed by atoms with Crippen molar-refractivity contribution in [3.8, 4) is 0 Å². The second-order valence-corrected chi connectivity index (χ2v) is 8.25. The average Bonchev–Trinajstić information content (AvgIpc) is 3.37. The van der Waals surface area contributed by atoms with Gasteiger partial charge in [0.15, 0.2) is 0 Å². The summed E-state index contributed by atoms with van der Waals surface area (Å²) in [6.45, 7) is 4.11. The zero-order valence-electron chi connectivity index (χ0n) is 15.8. The molecule has 3 heterocycles. The first-order valence-electron chi connectivity index (χ1n) is 10.2. The highest BCUT2D eigenvalue weighted by Gasteiger charge is 2.50. The van der Waals surface area contributed by atoms with E-state index in [1.165, 1.54) is 5.56 Å². The second kappa shape index (κ2) is 7.98. The molecule has 0 spiro atoms. The molecule has 1 aromatic rings. The predicted octanol–water partition coefficient (Wildman–Crippen LogP) is 0.615. The Morgan fingerprint density at radius 1 is 1.15 bits per heavy atom. The van der Waals surface area contributed by atoms with Gasteiger partial charge in [0.25, 0.3) is 0 Å². The average molecular weight is 370 g/mol. The molecule has 3 saturated heterocycles. The van der Waals surface area contributed by atoms with Crippen molar-refractivity contribution >= 4 is 11.8 Å². The van der Waals surface area contributed by atoms with Gasteiger partial charge < -0.3 is 16.0 Å². The highest BCUT2D eigenvalue weighted by molar-refractivity contribution is 5.84. The number of hydrogen-bond donors (Lipinski definition) is 2. The number of nitrogens with zero attached hydrogens (tertiary/aromatic N) is 2. The van der Waals surface area contributed by atoms with E-state index in [2.05, 4.69) is 34.5 Å². The SMILES string of the molecule is NC(=O)C1[C@@H]2CN(C(=O)[C@@H]3CCCN3)CC2CN1CCCc1ccccc1. The van der Waals surface area contributed by atoms with Crippen molar-refractivity contribution in [2.24, 2.45) is 17.6 Å². The molecule has 3 fully saturated rings. The fraction of sp³-hybridized carbons (Fsp3) is 0.619. The summed E-state index contributed by atoms with van der Waals surface area (Å²) < 4.78 is 0. The summed E-state index contributed by atoms with van der Waals surface area (Å²) in [5.41, 5.74) is 7.10. The highest BCUT2D eigenvalue weighted by Crippen LogP contribution is 2.36. The first-order chi connectivity index (χ1) is 13.1. The van der Waals surface area contributed by atoms with Crippen LogP contribution in [-0.4, -0.2) is 66.4 Å². The van der Waals surface area contributed by atoms with Gasteiger partial charge in [0, 0.05) is 25.6 Å². The zero-order chi connectivity index (χ0) is 18.8. The van der Waals surface area contributed by atoms with Crippen LogP contribution in [0.2, 0.25) is 0 Å². The quantitative estimate of drug-likeness (QED) is 0.769. The van der Waals surface area contributed by atoms with E-state index >= 15 is 0 Å². The van der Waals surface area contributed by atoms with Gasteiger partial charge >= 0.3 is 0 Å². The van der Waals surface area contributed by atoms with E-state index in [1.54, 1.807) is 0 Å². The maximum Gasteiger partial charge on any atom is 0.239 e. The van der Waals surface area contributed by atoms with Crippen molar-refractivity contribution in [3.63, 3.8) is 0 Å². The standard InChI is InChI=1S/C21H30N4O2/c22-20(26)19-17-14-25(21(27)18-9-4-10-23-18)13-16(17)12-24(19)11-5-8-15-6-2-1-3-7-15/h1-3,6-7,16-19,23H,4-5,8-14H2,(H2,22,26)/t16?,17-,18+,19?/m1/s1. The van der Waals surface area contributed by atoms with Crippen molar-refractivity contribution in [3.05, 3.63) is 35.9 Å². The second-order valence-electron chi connectivity index (χ2n) is 8.25. The van der Waals surface area contributed by atoms with Gasteiger partial charge in [-0.2, -0.15) is 0 Å². The van der Waals surface area contributed by atoms with Gasteiger partial charge in [-0.1, -0.05) is 30.3 Å². The summed E-state index contributed by atoms with van der Waals surface area (Å²) in [6, 6.07) is 10.2. The molecular weight excluding hydrogens is 340 g/mol. The number of aryl methyl sites for hydroxylation is 1. The summed E-state index contributed by atoms with van der Waals surface area (Å²) in [6.07, 6.45) is 4.02. The van der Waals surface area contributed by atoms with Gasteiger partial charge in [-0.3, -0.25) is 14.5 Å². The van der Waals surface area contributed by atoms with Crippen LogP contribution in [0.15, 0.2) is 30.3 Å². The number of benzene rings is 1. The largest absolute Gasteiger partial charge is 0.368 e. The summed E-state index contributed by atoms with van der Waals surface area (Å²) in [7, 11) is 0. The van der Waals surface area contributed by atoms with Crippen LogP contribution in [0.3, 0.4) is 0 Å². The van der Waals surface area contributed by atoms with Crippen molar-refractivity contribution in [1.29, 1.82) is 0 Å². The Kier molecular flexibility index (Phi) is 5.45. The lowest BCUT2D eigenvalue weighted by molar-refractivity contribution is -0.133. The van der Waals surface area contributed by atoms with Crippen LogP contribution in [-0.2, 0) is 16.0 Å². The number of rotatable bonds is 6. The van der Waals surface area contributed by atoms with Crippen LogP contribution in [0.5, 0.6) is 0 Å². The third kappa shape index (κ3) is 3.87. The topological polar surface area (TPSA) is 78.7 Å². The molecule has 2 unspecified atom stereocenters.